The summed E-state index contributed by atoms with van der Waals surface area (Å²) in [6.45, 7) is 12.2. The standard InChI is InChI=1S/C16H28O4/c1-11(2)9-14(6)10-13(5)7-8-19-15(17)16(18)20-12(3)4/h10-13H,7-9H2,1-6H3. The van der Waals surface area contributed by atoms with Crippen molar-refractivity contribution in [3.05, 3.63) is 11.6 Å². The first-order chi connectivity index (χ1) is 9.22. The summed E-state index contributed by atoms with van der Waals surface area (Å²) in [5.41, 5.74) is 1.35. The molecule has 0 saturated carbocycles. The third-order valence-electron chi connectivity index (χ3n) is 2.62. The zero-order valence-electron chi connectivity index (χ0n) is 13.6. The lowest BCUT2D eigenvalue weighted by atomic mass is 9.99. The van der Waals surface area contributed by atoms with Crippen molar-refractivity contribution in [3.63, 3.8) is 0 Å². The Bertz CT molecular complexity index is 342. The number of hydrogen-bond donors (Lipinski definition) is 0. The molecule has 0 aliphatic heterocycles. The van der Waals surface area contributed by atoms with Gasteiger partial charge in [0.15, 0.2) is 0 Å². The molecule has 0 aromatic heterocycles. The quantitative estimate of drug-likeness (QED) is 0.408. The number of rotatable bonds is 7. The van der Waals surface area contributed by atoms with Crippen LogP contribution in [0.3, 0.4) is 0 Å². The van der Waals surface area contributed by atoms with E-state index in [1.54, 1.807) is 13.8 Å². The van der Waals surface area contributed by atoms with Crippen LogP contribution in [0.1, 0.15) is 54.4 Å². The van der Waals surface area contributed by atoms with Crippen LogP contribution < -0.4 is 0 Å². The summed E-state index contributed by atoms with van der Waals surface area (Å²) in [4.78, 5) is 22.5. The van der Waals surface area contributed by atoms with Crippen LogP contribution in [0.25, 0.3) is 0 Å². The summed E-state index contributed by atoms with van der Waals surface area (Å²) < 4.78 is 9.65. The molecule has 116 valence electrons. The van der Waals surface area contributed by atoms with Crippen molar-refractivity contribution >= 4 is 11.9 Å². The van der Waals surface area contributed by atoms with Crippen molar-refractivity contribution in [1.82, 2.24) is 0 Å². The lowest BCUT2D eigenvalue weighted by molar-refractivity contribution is -0.170. The van der Waals surface area contributed by atoms with Crippen LogP contribution in [0.5, 0.6) is 0 Å². The topological polar surface area (TPSA) is 52.6 Å². The minimum Gasteiger partial charge on any atom is -0.457 e. The van der Waals surface area contributed by atoms with Crippen LogP contribution in [0.2, 0.25) is 0 Å². The third kappa shape index (κ3) is 9.59. The van der Waals surface area contributed by atoms with E-state index in [0.717, 1.165) is 6.42 Å². The zero-order valence-corrected chi connectivity index (χ0v) is 13.6. The largest absolute Gasteiger partial charge is 0.457 e. The molecule has 0 N–H and O–H groups in total. The minimum absolute atomic E-state index is 0.235. The lowest BCUT2D eigenvalue weighted by Gasteiger charge is -2.11. The number of hydrogen-bond acceptors (Lipinski definition) is 4. The summed E-state index contributed by atoms with van der Waals surface area (Å²) in [6.07, 6.45) is 3.66. The van der Waals surface area contributed by atoms with Crippen LogP contribution in [0.4, 0.5) is 0 Å². The van der Waals surface area contributed by atoms with Crippen molar-refractivity contribution < 1.29 is 19.1 Å². The molecule has 4 heteroatoms. The predicted molar refractivity (Wildman–Crippen MR) is 79.2 cm³/mol. The van der Waals surface area contributed by atoms with Crippen LogP contribution >= 0.6 is 0 Å². The van der Waals surface area contributed by atoms with Crippen molar-refractivity contribution in [2.75, 3.05) is 6.61 Å². The van der Waals surface area contributed by atoms with E-state index in [0.29, 0.717) is 18.3 Å². The summed E-state index contributed by atoms with van der Waals surface area (Å²) in [7, 11) is 0. The fraction of sp³-hybridized carbons (Fsp3) is 0.750. The fourth-order valence-electron chi connectivity index (χ4n) is 1.94. The molecule has 0 aliphatic carbocycles. The second-order valence-corrected chi connectivity index (χ2v) is 5.97. The molecular formula is C16H28O4. The Hall–Kier alpha value is -1.32. The number of allylic oxidation sites excluding steroid dienone is 2. The van der Waals surface area contributed by atoms with Gasteiger partial charge in [-0.3, -0.25) is 0 Å². The molecule has 0 amide bonds. The summed E-state index contributed by atoms with van der Waals surface area (Å²) in [5.74, 6) is -0.863. The van der Waals surface area contributed by atoms with Crippen LogP contribution in [-0.4, -0.2) is 24.6 Å². The second kappa shape index (κ2) is 9.56. The Morgan fingerprint density at radius 2 is 1.65 bits per heavy atom. The van der Waals surface area contributed by atoms with Gasteiger partial charge >= 0.3 is 11.9 Å². The van der Waals surface area contributed by atoms with E-state index < -0.39 is 11.9 Å². The normalized spacial score (nSPS) is 13.5. The van der Waals surface area contributed by atoms with Gasteiger partial charge < -0.3 is 9.47 Å². The highest BCUT2D eigenvalue weighted by Crippen LogP contribution is 2.14. The highest BCUT2D eigenvalue weighted by atomic mass is 16.6. The maximum atomic E-state index is 11.3. The molecule has 4 nitrogen and oxygen atoms in total. The Morgan fingerprint density at radius 3 is 2.15 bits per heavy atom. The first kappa shape index (κ1) is 18.7. The number of carbonyl (C=O) groups excluding carboxylic acids is 2. The molecule has 0 spiro atoms. The number of carbonyl (C=O) groups is 2. The van der Waals surface area contributed by atoms with Gasteiger partial charge in [-0.15, -0.1) is 0 Å². The third-order valence-corrected chi connectivity index (χ3v) is 2.62. The molecule has 0 aromatic rings. The van der Waals surface area contributed by atoms with Crippen LogP contribution in [0.15, 0.2) is 11.6 Å². The van der Waals surface area contributed by atoms with Crippen molar-refractivity contribution in [3.8, 4) is 0 Å². The van der Waals surface area contributed by atoms with Gasteiger partial charge in [0.25, 0.3) is 0 Å². The van der Waals surface area contributed by atoms with E-state index in [4.69, 9.17) is 9.47 Å². The van der Waals surface area contributed by atoms with Gasteiger partial charge in [0.2, 0.25) is 0 Å². The van der Waals surface area contributed by atoms with Gasteiger partial charge in [0.05, 0.1) is 12.7 Å². The number of esters is 2. The number of ether oxygens (including phenoxy) is 2. The summed E-state index contributed by atoms with van der Waals surface area (Å²) in [5, 5.41) is 0. The molecule has 0 bridgehead atoms. The molecule has 1 unspecified atom stereocenters. The lowest BCUT2D eigenvalue weighted by Crippen LogP contribution is -2.24. The Labute approximate surface area is 122 Å². The highest BCUT2D eigenvalue weighted by molar-refractivity contribution is 6.29. The van der Waals surface area contributed by atoms with Crippen molar-refractivity contribution in [2.45, 2.75) is 60.5 Å². The monoisotopic (exact) mass is 284 g/mol. The van der Waals surface area contributed by atoms with E-state index >= 15 is 0 Å². The molecular weight excluding hydrogens is 256 g/mol. The molecule has 1 atom stereocenters. The van der Waals surface area contributed by atoms with E-state index in [1.165, 1.54) is 5.57 Å². The SMILES string of the molecule is CC(=CC(C)CCOC(=O)C(=O)OC(C)C)CC(C)C. The Kier molecular flexibility index (Phi) is 8.93. The fourth-order valence-corrected chi connectivity index (χ4v) is 1.94. The predicted octanol–water partition coefficient (Wildman–Crippen LogP) is 3.50. The van der Waals surface area contributed by atoms with E-state index in [-0.39, 0.29) is 12.7 Å². The van der Waals surface area contributed by atoms with Crippen molar-refractivity contribution in [2.24, 2.45) is 11.8 Å². The molecule has 0 aliphatic rings. The molecule has 0 rings (SSSR count). The summed E-state index contributed by atoms with van der Waals surface area (Å²) >= 11 is 0. The maximum absolute atomic E-state index is 11.3. The van der Waals surface area contributed by atoms with Gasteiger partial charge in [0.1, 0.15) is 0 Å². The molecule has 0 aromatic carbocycles. The zero-order chi connectivity index (χ0) is 15.7. The average Bonchev–Trinajstić information content (AvgIpc) is 2.26. The van der Waals surface area contributed by atoms with Crippen LogP contribution in [0, 0.1) is 11.8 Å². The molecule has 0 radical (unpaired) electrons. The van der Waals surface area contributed by atoms with Gasteiger partial charge in [0, 0.05) is 0 Å². The second-order valence-electron chi connectivity index (χ2n) is 5.97. The van der Waals surface area contributed by atoms with E-state index in [9.17, 15) is 9.59 Å². The van der Waals surface area contributed by atoms with Crippen molar-refractivity contribution in [1.29, 1.82) is 0 Å². The van der Waals surface area contributed by atoms with Gasteiger partial charge in [-0.25, -0.2) is 9.59 Å². The molecule has 0 saturated heterocycles. The van der Waals surface area contributed by atoms with E-state index in [2.05, 4.69) is 33.8 Å². The summed E-state index contributed by atoms with van der Waals surface area (Å²) in [6, 6.07) is 0. The highest BCUT2D eigenvalue weighted by Gasteiger charge is 2.18. The van der Waals surface area contributed by atoms with E-state index in [1.807, 2.05) is 0 Å². The van der Waals surface area contributed by atoms with Gasteiger partial charge in [-0.05, 0) is 45.4 Å². The first-order valence-corrected chi connectivity index (χ1v) is 7.27. The average molecular weight is 284 g/mol. The first-order valence-electron chi connectivity index (χ1n) is 7.27. The molecule has 0 fully saturated rings. The van der Waals surface area contributed by atoms with Gasteiger partial charge in [-0.2, -0.15) is 0 Å². The minimum atomic E-state index is -0.917. The maximum Gasteiger partial charge on any atom is 0.417 e. The molecule has 0 heterocycles. The molecule has 20 heavy (non-hydrogen) atoms. The Balaban J connectivity index is 4.00. The smallest absolute Gasteiger partial charge is 0.417 e. The van der Waals surface area contributed by atoms with Crippen LogP contribution in [-0.2, 0) is 19.1 Å². The Morgan fingerprint density at radius 1 is 1.05 bits per heavy atom. The van der Waals surface area contributed by atoms with Gasteiger partial charge in [-0.1, -0.05) is 32.4 Å².